The van der Waals surface area contributed by atoms with Gasteiger partial charge in [-0.1, -0.05) is 12.1 Å². The zero-order valence-electron chi connectivity index (χ0n) is 14.9. The molecule has 1 aliphatic rings. The lowest BCUT2D eigenvalue weighted by atomic mass is 10.2. The Morgan fingerprint density at radius 3 is 2.85 bits per heavy atom. The Morgan fingerprint density at radius 2 is 2.15 bits per heavy atom. The van der Waals surface area contributed by atoms with Crippen molar-refractivity contribution in [1.29, 1.82) is 0 Å². The molecule has 0 saturated heterocycles. The summed E-state index contributed by atoms with van der Waals surface area (Å²) >= 11 is 1.69. The highest BCUT2D eigenvalue weighted by molar-refractivity contribution is 7.09. The number of pyridine rings is 1. The molecule has 2 aromatic heterocycles. The van der Waals surface area contributed by atoms with Gasteiger partial charge in [-0.2, -0.15) is 4.99 Å². The molecule has 0 spiro atoms. The molecule has 1 atom stereocenters. The molecule has 0 radical (unpaired) electrons. The van der Waals surface area contributed by atoms with Crippen molar-refractivity contribution < 1.29 is 0 Å². The summed E-state index contributed by atoms with van der Waals surface area (Å²) in [6, 6.07) is 9.72. The van der Waals surface area contributed by atoms with Crippen molar-refractivity contribution in [3.05, 3.63) is 46.8 Å². The monoisotopic (exact) mass is 372 g/mol. The summed E-state index contributed by atoms with van der Waals surface area (Å²) in [5.41, 5.74) is 6.49. The zero-order chi connectivity index (χ0) is 18.4. The fourth-order valence-electron chi connectivity index (χ4n) is 2.37. The highest BCUT2D eigenvalue weighted by atomic mass is 32.1. The van der Waals surface area contributed by atoms with Gasteiger partial charge in [-0.25, -0.2) is 9.98 Å². The molecule has 3 rings (SSSR count). The van der Waals surface area contributed by atoms with E-state index in [1.54, 1.807) is 17.5 Å². The first-order valence-electron chi connectivity index (χ1n) is 8.37. The molecule has 8 nitrogen and oxygen atoms in total. The smallest absolute Gasteiger partial charge is 0.230 e. The van der Waals surface area contributed by atoms with E-state index in [0.717, 1.165) is 6.54 Å². The van der Waals surface area contributed by atoms with Crippen LogP contribution in [0, 0.1) is 0 Å². The SMILES string of the molecule is CN(C)CCC1(N)N=C(Nc2ccccn2)N=C(NCc2cccs2)N1. The Balaban J connectivity index is 1.75. The van der Waals surface area contributed by atoms with Gasteiger partial charge >= 0.3 is 0 Å². The summed E-state index contributed by atoms with van der Waals surface area (Å²) in [5.74, 6) is 0.746. The van der Waals surface area contributed by atoms with E-state index in [1.165, 1.54) is 4.88 Å². The van der Waals surface area contributed by atoms with E-state index < -0.39 is 5.79 Å². The first kappa shape index (κ1) is 18.3. The van der Waals surface area contributed by atoms with Crippen LogP contribution in [0.25, 0.3) is 0 Å². The van der Waals surface area contributed by atoms with E-state index in [2.05, 4.69) is 41.9 Å². The highest BCUT2D eigenvalue weighted by Crippen LogP contribution is 2.13. The van der Waals surface area contributed by atoms with Crippen molar-refractivity contribution in [3.8, 4) is 0 Å². The predicted molar refractivity (Wildman–Crippen MR) is 107 cm³/mol. The van der Waals surface area contributed by atoms with Gasteiger partial charge in [-0.3, -0.25) is 5.73 Å². The number of nitrogens with zero attached hydrogens (tertiary/aromatic N) is 4. The van der Waals surface area contributed by atoms with Crippen LogP contribution in [0.2, 0.25) is 0 Å². The summed E-state index contributed by atoms with van der Waals surface area (Å²) in [4.78, 5) is 16.6. The van der Waals surface area contributed by atoms with E-state index in [1.807, 2.05) is 43.7 Å². The molecule has 138 valence electrons. The molecule has 3 heterocycles. The van der Waals surface area contributed by atoms with E-state index in [-0.39, 0.29) is 0 Å². The Hall–Kier alpha value is -2.49. The van der Waals surface area contributed by atoms with Gasteiger partial charge in [0.25, 0.3) is 0 Å². The minimum absolute atomic E-state index is 0.428. The third-order valence-corrected chi connectivity index (χ3v) is 4.59. The fourth-order valence-corrected chi connectivity index (χ4v) is 3.01. The van der Waals surface area contributed by atoms with Crippen LogP contribution in [0.5, 0.6) is 0 Å². The largest absolute Gasteiger partial charge is 0.351 e. The van der Waals surface area contributed by atoms with Crippen LogP contribution >= 0.6 is 11.3 Å². The molecular formula is C17H24N8S. The second kappa shape index (κ2) is 8.26. The second-order valence-corrected chi connectivity index (χ2v) is 7.30. The number of aliphatic imine (C=N–C) groups is 2. The first-order chi connectivity index (χ1) is 12.5. The molecular weight excluding hydrogens is 348 g/mol. The fraction of sp³-hybridized carbons (Fsp3) is 0.353. The Kier molecular flexibility index (Phi) is 5.82. The average Bonchev–Trinajstić information content (AvgIpc) is 3.12. The molecule has 5 N–H and O–H groups in total. The molecule has 0 fully saturated rings. The number of guanidine groups is 2. The Labute approximate surface area is 157 Å². The minimum Gasteiger partial charge on any atom is -0.351 e. The van der Waals surface area contributed by atoms with E-state index in [0.29, 0.717) is 30.7 Å². The van der Waals surface area contributed by atoms with Crippen LogP contribution in [0.4, 0.5) is 5.82 Å². The quantitative estimate of drug-likeness (QED) is 0.608. The van der Waals surface area contributed by atoms with Gasteiger partial charge in [0, 0.05) is 24.0 Å². The third kappa shape index (κ3) is 5.25. The number of thiophene rings is 1. The van der Waals surface area contributed by atoms with Crippen molar-refractivity contribution in [3.63, 3.8) is 0 Å². The number of nitrogens with two attached hydrogens (primary N) is 1. The summed E-state index contributed by atoms with van der Waals surface area (Å²) in [6.07, 6.45) is 2.35. The van der Waals surface area contributed by atoms with E-state index in [9.17, 15) is 0 Å². The maximum absolute atomic E-state index is 6.49. The summed E-state index contributed by atoms with van der Waals surface area (Å²) < 4.78 is 0. The summed E-state index contributed by atoms with van der Waals surface area (Å²) in [5, 5.41) is 11.7. The van der Waals surface area contributed by atoms with Gasteiger partial charge in [-0.05, 0) is 37.7 Å². The maximum Gasteiger partial charge on any atom is 0.230 e. The summed E-state index contributed by atoms with van der Waals surface area (Å²) in [6.45, 7) is 1.46. The van der Waals surface area contributed by atoms with Crippen molar-refractivity contribution in [2.24, 2.45) is 15.7 Å². The lowest BCUT2D eigenvalue weighted by Crippen LogP contribution is -2.61. The van der Waals surface area contributed by atoms with Crippen LogP contribution in [0.1, 0.15) is 11.3 Å². The van der Waals surface area contributed by atoms with Gasteiger partial charge in [0.05, 0.1) is 6.54 Å². The molecule has 0 bridgehead atoms. The van der Waals surface area contributed by atoms with Gasteiger partial charge in [0.1, 0.15) is 5.82 Å². The Morgan fingerprint density at radius 1 is 1.27 bits per heavy atom. The topological polar surface area (TPSA) is 103 Å². The molecule has 1 aliphatic heterocycles. The van der Waals surface area contributed by atoms with Crippen LogP contribution in [-0.4, -0.2) is 48.2 Å². The minimum atomic E-state index is -0.944. The Bertz CT molecular complexity index is 756. The molecule has 0 aromatic carbocycles. The lowest BCUT2D eigenvalue weighted by Gasteiger charge is -2.32. The number of nitrogens with one attached hydrogen (secondary N) is 3. The van der Waals surface area contributed by atoms with Gasteiger partial charge in [0.2, 0.25) is 11.9 Å². The van der Waals surface area contributed by atoms with E-state index >= 15 is 0 Å². The number of anilines is 1. The van der Waals surface area contributed by atoms with Crippen LogP contribution in [0.15, 0.2) is 51.9 Å². The second-order valence-electron chi connectivity index (χ2n) is 6.27. The number of hydrogen-bond donors (Lipinski definition) is 4. The van der Waals surface area contributed by atoms with Crippen LogP contribution < -0.4 is 21.7 Å². The first-order valence-corrected chi connectivity index (χ1v) is 9.25. The molecule has 0 amide bonds. The predicted octanol–water partition coefficient (Wildman–Crippen LogP) is 1.22. The third-order valence-electron chi connectivity index (χ3n) is 3.71. The number of hydrogen-bond acceptors (Lipinski definition) is 9. The van der Waals surface area contributed by atoms with Crippen LogP contribution in [0.3, 0.4) is 0 Å². The number of rotatable bonds is 6. The van der Waals surface area contributed by atoms with Crippen molar-refractivity contribution in [1.82, 2.24) is 20.5 Å². The summed E-state index contributed by atoms with van der Waals surface area (Å²) in [7, 11) is 4.01. The van der Waals surface area contributed by atoms with Crippen LogP contribution in [-0.2, 0) is 6.54 Å². The molecule has 1 unspecified atom stereocenters. The maximum atomic E-state index is 6.49. The lowest BCUT2D eigenvalue weighted by molar-refractivity contribution is 0.301. The molecule has 0 aliphatic carbocycles. The zero-order valence-corrected chi connectivity index (χ0v) is 15.8. The van der Waals surface area contributed by atoms with E-state index in [4.69, 9.17) is 5.73 Å². The van der Waals surface area contributed by atoms with Gasteiger partial charge in [-0.15, -0.1) is 11.3 Å². The molecule has 0 saturated carbocycles. The van der Waals surface area contributed by atoms with Crippen molar-refractivity contribution in [2.75, 3.05) is 26.0 Å². The highest BCUT2D eigenvalue weighted by Gasteiger charge is 2.30. The molecule has 9 heteroatoms. The number of aromatic nitrogens is 1. The van der Waals surface area contributed by atoms with Gasteiger partial charge in [0.15, 0.2) is 5.79 Å². The molecule has 26 heavy (non-hydrogen) atoms. The standard InChI is InChI=1S/C17H24N8S/c1-25(2)10-8-17(18)23-15(20-12-13-6-5-11-26-13)22-16(24-17)21-14-7-3-4-9-19-14/h3-7,9,11H,8,10,12,18H2,1-2H3,(H3,19,20,21,22,23,24). The van der Waals surface area contributed by atoms with Crippen molar-refractivity contribution in [2.45, 2.75) is 18.8 Å². The van der Waals surface area contributed by atoms with Gasteiger partial charge < -0.3 is 20.9 Å². The van der Waals surface area contributed by atoms with Crippen molar-refractivity contribution >= 4 is 29.1 Å². The average molecular weight is 373 g/mol. The molecule has 2 aromatic rings. The normalized spacial score (nSPS) is 19.5.